The van der Waals surface area contributed by atoms with Crippen molar-refractivity contribution in [3.8, 4) is 0 Å². The number of rotatable bonds is 8. The van der Waals surface area contributed by atoms with Crippen LogP contribution in [-0.2, 0) is 6.54 Å². The highest BCUT2D eigenvalue weighted by molar-refractivity contribution is 5.79. The Balaban J connectivity index is 1.81. The van der Waals surface area contributed by atoms with Crippen LogP contribution >= 0.6 is 0 Å². The summed E-state index contributed by atoms with van der Waals surface area (Å²) in [4.78, 5) is 6.68. The van der Waals surface area contributed by atoms with Gasteiger partial charge >= 0.3 is 0 Å². The molecule has 0 amide bonds. The zero-order valence-electron chi connectivity index (χ0n) is 14.3. The third-order valence-corrected chi connectivity index (χ3v) is 3.73. The Kier molecular flexibility index (Phi) is 6.80. The predicted octanol–water partition coefficient (Wildman–Crippen LogP) is 1.13. The van der Waals surface area contributed by atoms with Crippen molar-refractivity contribution >= 4 is 11.6 Å². The summed E-state index contributed by atoms with van der Waals surface area (Å²) >= 11 is 0. The molecule has 0 fully saturated rings. The van der Waals surface area contributed by atoms with E-state index in [4.69, 9.17) is 0 Å². The van der Waals surface area contributed by atoms with Gasteiger partial charge in [-0.3, -0.25) is 9.39 Å². The molecule has 2 aromatic rings. The van der Waals surface area contributed by atoms with Crippen molar-refractivity contribution in [2.24, 2.45) is 4.99 Å². The molecular formula is C16H27N7. The van der Waals surface area contributed by atoms with Crippen LogP contribution in [0.4, 0.5) is 0 Å². The topological polar surface area (TPSA) is 69.8 Å². The number of pyridine rings is 1. The van der Waals surface area contributed by atoms with Gasteiger partial charge in [0.1, 0.15) is 0 Å². The smallest absolute Gasteiger partial charge is 0.191 e. The van der Waals surface area contributed by atoms with Gasteiger partial charge in [0, 0.05) is 26.3 Å². The van der Waals surface area contributed by atoms with Crippen molar-refractivity contribution in [3.05, 3.63) is 30.2 Å². The maximum atomic E-state index is 4.25. The number of likely N-dealkylation sites (N-methyl/N-ethyl adjacent to an activating group) is 1. The highest BCUT2D eigenvalue weighted by atomic mass is 15.3. The van der Waals surface area contributed by atoms with Crippen LogP contribution in [0.1, 0.15) is 26.1 Å². The van der Waals surface area contributed by atoms with Crippen LogP contribution in [0.5, 0.6) is 0 Å². The van der Waals surface area contributed by atoms with Crippen LogP contribution < -0.4 is 10.6 Å². The van der Waals surface area contributed by atoms with E-state index >= 15 is 0 Å². The van der Waals surface area contributed by atoms with E-state index in [1.807, 2.05) is 28.8 Å². The largest absolute Gasteiger partial charge is 0.355 e. The van der Waals surface area contributed by atoms with Gasteiger partial charge in [0.05, 0.1) is 6.54 Å². The summed E-state index contributed by atoms with van der Waals surface area (Å²) in [5.74, 6) is 1.65. The number of aliphatic imine (C=N–C) groups is 1. The summed E-state index contributed by atoms with van der Waals surface area (Å²) in [5.41, 5.74) is 0.852. The molecule has 126 valence electrons. The Morgan fingerprint density at radius 1 is 1.22 bits per heavy atom. The van der Waals surface area contributed by atoms with Gasteiger partial charge in [-0.05, 0) is 31.6 Å². The molecule has 0 atom stereocenters. The third kappa shape index (κ3) is 4.92. The molecule has 0 aliphatic heterocycles. The molecule has 2 aromatic heterocycles. The molecular weight excluding hydrogens is 290 g/mol. The molecule has 0 saturated heterocycles. The van der Waals surface area contributed by atoms with Crippen LogP contribution in [-0.4, -0.2) is 58.7 Å². The Labute approximate surface area is 137 Å². The molecule has 0 aromatic carbocycles. The second-order valence-electron chi connectivity index (χ2n) is 5.33. The van der Waals surface area contributed by atoms with Crippen LogP contribution in [0.2, 0.25) is 0 Å². The average Bonchev–Trinajstić information content (AvgIpc) is 3.00. The Bertz CT molecular complexity index is 620. The number of hydrogen-bond donors (Lipinski definition) is 2. The van der Waals surface area contributed by atoms with Crippen molar-refractivity contribution in [1.82, 2.24) is 30.1 Å². The van der Waals surface area contributed by atoms with Gasteiger partial charge in [0.15, 0.2) is 17.4 Å². The molecule has 0 aliphatic carbocycles. The minimum atomic E-state index is 0.581. The average molecular weight is 317 g/mol. The quantitative estimate of drug-likeness (QED) is 0.564. The molecule has 7 heteroatoms. The lowest BCUT2D eigenvalue weighted by atomic mass is 10.4. The molecule has 2 rings (SSSR count). The number of fused-ring (bicyclic) bond motifs is 1. The van der Waals surface area contributed by atoms with Crippen molar-refractivity contribution in [3.63, 3.8) is 0 Å². The molecule has 2 N–H and O–H groups in total. The first-order valence-corrected chi connectivity index (χ1v) is 8.24. The van der Waals surface area contributed by atoms with Crippen molar-refractivity contribution in [2.45, 2.75) is 26.8 Å². The van der Waals surface area contributed by atoms with E-state index in [1.54, 1.807) is 7.05 Å². The molecule has 0 bridgehead atoms. The minimum absolute atomic E-state index is 0.581. The molecule has 0 spiro atoms. The van der Waals surface area contributed by atoms with E-state index in [0.29, 0.717) is 6.54 Å². The van der Waals surface area contributed by atoms with Gasteiger partial charge in [-0.15, -0.1) is 10.2 Å². The highest BCUT2D eigenvalue weighted by Gasteiger charge is 2.06. The van der Waals surface area contributed by atoms with E-state index in [2.05, 4.69) is 44.6 Å². The van der Waals surface area contributed by atoms with E-state index in [9.17, 15) is 0 Å². The Hall–Kier alpha value is -2.15. The molecule has 7 nitrogen and oxygen atoms in total. The number of guanidine groups is 1. The first-order valence-electron chi connectivity index (χ1n) is 8.24. The first-order chi connectivity index (χ1) is 11.3. The maximum Gasteiger partial charge on any atom is 0.191 e. The van der Waals surface area contributed by atoms with Crippen molar-refractivity contribution in [1.29, 1.82) is 0 Å². The standard InChI is InChI=1S/C16H27N7/c1-4-10-22(5-2)12-9-18-16(17-3)19-13-15-21-20-14-8-6-7-11-23(14)15/h6-8,11H,4-5,9-10,12-13H2,1-3H3,(H2,17,18,19). The van der Waals surface area contributed by atoms with E-state index in [-0.39, 0.29) is 0 Å². The summed E-state index contributed by atoms with van der Waals surface area (Å²) in [7, 11) is 1.78. The monoisotopic (exact) mass is 317 g/mol. The number of nitrogens with one attached hydrogen (secondary N) is 2. The number of hydrogen-bond acceptors (Lipinski definition) is 4. The summed E-state index contributed by atoms with van der Waals surface area (Å²) < 4.78 is 1.97. The minimum Gasteiger partial charge on any atom is -0.355 e. The SMILES string of the molecule is CCCN(CC)CCNC(=NC)NCc1nnc2ccccn12. The lowest BCUT2D eigenvalue weighted by Crippen LogP contribution is -2.41. The molecule has 0 aliphatic rings. The zero-order valence-corrected chi connectivity index (χ0v) is 14.3. The molecule has 0 saturated carbocycles. The Morgan fingerprint density at radius 3 is 2.83 bits per heavy atom. The molecule has 23 heavy (non-hydrogen) atoms. The fourth-order valence-electron chi connectivity index (χ4n) is 2.47. The lowest BCUT2D eigenvalue weighted by Gasteiger charge is -2.20. The lowest BCUT2D eigenvalue weighted by molar-refractivity contribution is 0.293. The van der Waals surface area contributed by atoms with E-state index in [0.717, 1.165) is 43.6 Å². The summed E-state index contributed by atoms with van der Waals surface area (Å²) in [5, 5.41) is 15.0. The van der Waals surface area contributed by atoms with E-state index in [1.165, 1.54) is 6.42 Å². The van der Waals surface area contributed by atoms with Crippen LogP contribution in [0.3, 0.4) is 0 Å². The van der Waals surface area contributed by atoms with Gasteiger partial charge in [-0.1, -0.05) is 19.9 Å². The summed E-state index contributed by atoms with van der Waals surface area (Å²) in [6, 6.07) is 5.87. The van der Waals surface area contributed by atoms with Gasteiger partial charge in [0.25, 0.3) is 0 Å². The van der Waals surface area contributed by atoms with Gasteiger partial charge in [-0.2, -0.15) is 0 Å². The van der Waals surface area contributed by atoms with Crippen molar-refractivity contribution in [2.75, 3.05) is 33.2 Å². The molecule has 0 radical (unpaired) electrons. The van der Waals surface area contributed by atoms with Gasteiger partial charge < -0.3 is 15.5 Å². The fraction of sp³-hybridized carbons (Fsp3) is 0.562. The number of nitrogens with zero attached hydrogens (tertiary/aromatic N) is 5. The normalized spacial score (nSPS) is 12.1. The number of aromatic nitrogens is 3. The second kappa shape index (κ2) is 9.09. The Morgan fingerprint density at radius 2 is 2.09 bits per heavy atom. The van der Waals surface area contributed by atoms with Crippen molar-refractivity contribution < 1.29 is 0 Å². The molecule has 2 heterocycles. The van der Waals surface area contributed by atoms with Crippen LogP contribution in [0, 0.1) is 0 Å². The summed E-state index contributed by atoms with van der Waals surface area (Å²) in [6.45, 7) is 9.08. The third-order valence-electron chi connectivity index (χ3n) is 3.73. The summed E-state index contributed by atoms with van der Waals surface area (Å²) in [6.07, 6.45) is 3.15. The van der Waals surface area contributed by atoms with Crippen LogP contribution in [0.25, 0.3) is 5.65 Å². The first kappa shape index (κ1) is 17.2. The highest BCUT2D eigenvalue weighted by Crippen LogP contribution is 2.02. The van der Waals surface area contributed by atoms with Crippen LogP contribution in [0.15, 0.2) is 29.4 Å². The fourth-order valence-corrected chi connectivity index (χ4v) is 2.47. The zero-order chi connectivity index (χ0) is 16.5. The molecule has 0 unspecified atom stereocenters. The predicted molar refractivity (Wildman–Crippen MR) is 93.6 cm³/mol. The second-order valence-corrected chi connectivity index (χ2v) is 5.33. The van der Waals surface area contributed by atoms with Gasteiger partial charge in [-0.25, -0.2) is 0 Å². The van der Waals surface area contributed by atoms with Gasteiger partial charge in [0.2, 0.25) is 0 Å². The maximum absolute atomic E-state index is 4.25. The van der Waals surface area contributed by atoms with E-state index < -0.39 is 0 Å².